The number of aliphatic hydroxyl groups excluding tert-OH is 1. The Kier molecular flexibility index (Phi) is 6.76. The average molecular weight is 536 g/mol. The van der Waals surface area contributed by atoms with Crippen LogP contribution in [0.3, 0.4) is 0 Å². The molecule has 0 spiro atoms. The predicted molar refractivity (Wildman–Crippen MR) is 143 cm³/mol. The van der Waals surface area contributed by atoms with Crippen molar-refractivity contribution in [3.63, 3.8) is 0 Å². The van der Waals surface area contributed by atoms with Crippen LogP contribution in [0.1, 0.15) is 37.4 Å². The van der Waals surface area contributed by atoms with Crippen LogP contribution in [0.15, 0.2) is 45.6 Å². The Morgan fingerprint density at radius 2 is 2.03 bits per heavy atom. The summed E-state index contributed by atoms with van der Waals surface area (Å²) in [7, 11) is 1.64. The minimum Gasteiger partial charge on any atom is -0.467 e. The van der Waals surface area contributed by atoms with E-state index in [0.29, 0.717) is 42.7 Å². The zero-order chi connectivity index (χ0) is 27.1. The van der Waals surface area contributed by atoms with Crippen LogP contribution in [-0.4, -0.2) is 57.8 Å². The molecule has 1 aliphatic carbocycles. The van der Waals surface area contributed by atoms with Gasteiger partial charge >= 0.3 is 0 Å². The number of fused-ring (bicyclic) bond motifs is 2. The number of furan rings is 2. The van der Waals surface area contributed by atoms with Crippen molar-refractivity contribution in [1.82, 2.24) is 15.0 Å². The maximum atomic E-state index is 10.1. The third kappa shape index (κ3) is 5.10. The first-order valence-electron chi connectivity index (χ1n) is 13.1. The number of ether oxygens (including phenoxy) is 3. The van der Waals surface area contributed by atoms with Gasteiger partial charge in [0.1, 0.15) is 23.4 Å². The molecule has 0 bridgehead atoms. The number of rotatable bonds is 9. The van der Waals surface area contributed by atoms with Gasteiger partial charge in [0.15, 0.2) is 11.4 Å². The molecule has 4 atom stereocenters. The fourth-order valence-corrected chi connectivity index (χ4v) is 5.55. The minimum absolute atomic E-state index is 0.0186. The molecule has 11 nitrogen and oxygen atoms in total. The SMILES string of the molecule is COCc1cc2cc(-c3c(C)nc(NCc4ccco4)nc3N[C@@H]3C[C@H](CO)[C@H]4OC(C)(C)O[C@H]43)oc2cn1. The molecule has 4 aromatic rings. The maximum absolute atomic E-state index is 10.1. The molecule has 5 heterocycles. The monoisotopic (exact) mass is 535 g/mol. The van der Waals surface area contributed by atoms with E-state index in [9.17, 15) is 5.11 Å². The van der Waals surface area contributed by atoms with Crippen LogP contribution in [0.25, 0.3) is 22.3 Å². The highest BCUT2D eigenvalue weighted by Gasteiger charge is 2.54. The van der Waals surface area contributed by atoms with Crippen molar-refractivity contribution < 1.29 is 28.2 Å². The van der Waals surface area contributed by atoms with Crippen molar-refractivity contribution >= 4 is 22.7 Å². The summed E-state index contributed by atoms with van der Waals surface area (Å²) >= 11 is 0. The number of hydrogen-bond acceptors (Lipinski definition) is 11. The van der Waals surface area contributed by atoms with Gasteiger partial charge in [-0.15, -0.1) is 0 Å². The third-order valence-electron chi connectivity index (χ3n) is 7.23. The van der Waals surface area contributed by atoms with Gasteiger partial charge in [-0.1, -0.05) is 0 Å². The number of nitrogens with one attached hydrogen (secondary N) is 2. The smallest absolute Gasteiger partial charge is 0.225 e. The lowest BCUT2D eigenvalue weighted by atomic mass is 10.1. The van der Waals surface area contributed by atoms with E-state index in [1.54, 1.807) is 19.6 Å². The number of pyridine rings is 1. The van der Waals surface area contributed by atoms with Gasteiger partial charge in [-0.3, -0.25) is 4.98 Å². The number of hydrogen-bond donors (Lipinski definition) is 3. The molecule has 0 radical (unpaired) electrons. The van der Waals surface area contributed by atoms with Gasteiger partial charge in [0.2, 0.25) is 5.95 Å². The second-order valence-electron chi connectivity index (χ2n) is 10.5. The first-order chi connectivity index (χ1) is 18.8. The van der Waals surface area contributed by atoms with Crippen molar-refractivity contribution in [2.45, 2.75) is 64.4 Å². The minimum atomic E-state index is -0.727. The third-order valence-corrected chi connectivity index (χ3v) is 7.23. The maximum Gasteiger partial charge on any atom is 0.225 e. The Morgan fingerprint density at radius 1 is 1.18 bits per heavy atom. The fourth-order valence-electron chi connectivity index (χ4n) is 5.55. The van der Waals surface area contributed by atoms with Crippen molar-refractivity contribution in [3.05, 3.63) is 53.9 Å². The molecule has 206 valence electrons. The van der Waals surface area contributed by atoms with Crippen LogP contribution >= 0.6 is 0 Å². The normalized spacial score (nSPS) is 23.8. The summed E-state index contributed by atoms with van der Waals surface area (Å²) in [5.41, 5.74) is 2.95. The first kappa shape index (κ1) is 25.8. The lowest BCUT2D eigenvalue weighted by Gasteiger charge is -2.25. The fraction of sp³-hybridized carbons (Fsp3) is 0.464. The summed E-state index contributed by atoms with van der Waals surface area (Å²) in [5.74, 6) is 1.67. The Bertz CT molecular complexity index is 1450. The molecule has 1 aliphatic heterocycles. The van der Waals surface area contributed by atoms with Crippen molar-refractivity contribution in [1.29, 1.82) is 0 Å². The van der Waals surface area contributed by atoms with Crippen LogP contribution in [-0.2, 0) is 27.4 Å². The van der Waals surface area contributed by atoms with Crippen molar-refractivity contribution in [2.75, 3.05) is 24.4 Å². The lowest BCUT2D eigenvalue weighted by Crippen LogP contribution is -2.35. The Morgan fingerprint density at radius 3 is 2.79 bits per heavy atom. The first-order valence-corrected chi connectivity index (χ1v) is 13.1. The Hall–Kier alpha value is -3.51. The molecular formula is C28H33N5O6. The van der Waals surface area contributed by atoms with Crippen LogP contribution in [0, 0.1) is 12.8 Å². The predicted octanol–water partition coefficient (Wildman–Crippen LogP) is 4.26. The van der Waals surface area contributed by atoms with E-state index < -0.39 is 5.79 Å². The topological polar surface area (TPSA) is 137 Å². The van der Waals surface area contributed by atoms with E-state index in [-0.39, 0.29) is 30.8 Å². The summed E-state index contributed by atoms with van der Waals surface area (Å²) in [6.45, 7) is 6.59. The van der Waals surface area contributed by atoms with Gasteiger partial charge in [-0.05, 0) is 51.5 Å². The van der Waals surface area contributed by atoms with Gasteiger partial charge in [0.05, 0.1) is 54.7 Å². The number of methoxy groups -OCH3 is 1. The van der Waals surface area contributed by atoms with Crippen LogP contribution in [0.5, 0.6) is 0 Å². The molecule has 2 fully saturated rings. The number of nitrogens with zero attached hydrogens (tertiary/aromatic N) is 3. The van der Waals surface area contributed by atoms with Gasteiger partial charge < -0.3 is 38.8 Å². The Balaban J connectivity index is 1.37. The standard InChI is InChI=1S/C28H33N5O6/c1-15-23(21-10-16-8-18(14-35-4)29-12-22(16)37-21)26(33-27(31-15)30-11-19-6-5-7-36-19)32-20-9-17(13-34)24-25(20)39-28(2,3)38-24/h5-8,10,12,17,20,24-25,34H,9,11,13-14H2,1-4H3,(H2,30,31,32,33)/t17-,20-,24-,25+/m1/s1. The van der Waals surface area contributed by atoms with Crippen LogP contribution < -0.4 is 10.6 Å². The number of aliphatic hydroxyl groups is 1. The van der Waals surface area contributed by atoms with Crippen molar-refractivity contribution in [3.8, 4) is 11.3 Å². The zero-order valence-corrected chi connectivity index (χ0v) is 22.4. The molecule has 39 heavy (non-hydrogen) atoms. The molecule has 4 aromatic heterocycles. The number of aromatic nitrogens is 3. The van der Waals surface area contributed by atoms with Crippen LogP contribution in [0.2, 0.25) is 0 Å². The van der Waals surface area contributed by atoms with E-state index >= 15 is 0 Å². The molecular weight excluding hydrogens is 502 g/mol. The molecule has 0 aromatic carbocycles. The molecule has 3 N–H and O–H groups in total. The number of aryl methyl sites for hydroxylation is 1. The lowest BCUT2D eigenvalue weighted by molar-refractivity contribution is -0.158. The Labute approximate surface area is 225 Å². The van der Waals surface area contributed by atoms with Gasteiger partial charge in [0, 0.05) is 25.0 Å². The molecule has 11 heteroatoms. The van der Waals surface area contributed by atoms with Crippen molar-refractivity contribution in [2.24, 2.45) is 5.92 Å². The van der Waals surface area contributed by atoms with E-state index in [0.717, 1.165) is 28.1 Å². The molecule has 1 saturated heterocycles. The van der Waals surface area contributed by atoms with Gasteiger partial charge in [-0.2, -0.15) is 4.98 Å². The summed E-state index contributed by atoms with van der Waals surface area (Å²) in [6, 6.07) is 7.51. The van der Waals surface area contributed by atoms with E-state index in [4.69, 9.17) is 33.0 Å². The van der Waals surface area contributed by atoms with Gasteiger partial charge in [-0.25, -0.2) is 4.98 Å². The zero-order valence-electron chi connectivity index (χ0n) is 22.4. The molecule has 2 aliphatic rings. The summed E-state index contributed by atoms with van der Waals surface area (Å²) in [6.07, 6.45) is 3.56. The summed E-state index contributed by atoms with van der Waals surface area (Å²) in [4.78, 5) is 14.0. The molecule has 0 amide bonds. The number of anilines is 2. The van der Waals surface area contributed by atoms with E-state index in [2.05, 4.69) is 15.6 Å². The summed E-state index contributed by atoms with van der Waals surface area (Å²) < 4.78 is 29.3. The highest BCUT2D eigenvalue weighted by molar-refractivity contribution is 5.86. The van der Waals surface area contributed by atoms with E-state index in [1.807, 2.05) is 45.0 Å². The second-order valence-corrected chi connectivity index (χ2v) is 10.5. The quantitative estimate of drug-likeness (QED) is 0.283. The van der Waals surface area contributed by atoms with E-state index in [1.165, 1.54) is 0 Å². The second kappa shape index (κ2) is 10.2. The molecule has 6 rings (SSSR count). The molecule has 0 unspecified atom stereocenters. The van der Waals surface area contributed by atoms with Gasteiger partial charge in [0.25, 0.3) is 0 Å². The largest absolute Gasteiger partial charge is 0.467 e. The highest BCUT2D eigenvalue weighted by Crippen LogP contribution is 2.44. The highest BCUT2D eigenvalue weighted by atomic mass is 16.8. The molecule has 1 saturated carbocycles. The van der Waals surface area contributed by atoms with Crippen LogP contribution in [0.4, 0.5) is 11.8 Å². The average Bonchev–Trinajstić information content (AvgIpc) is 3.67. The summed E-state index contributed by atoms with van der Waals surface area (Å²) in [5, 5.41) is 17.8.